The van der Waals surface area contributed by atoms with E-state index in [9.17, 15) is 9.59 Å². The first-order chi connectivity index (χ1) is 10.3. The molecule has 0 radical (unpaired) electrons. The molecule has 0 spiro atoms. The number of aromatic nitrogens is 3. The van der Waals surface area contributed by atoms with Crippen LogP contribution in [-0.2, 0) is 10.2 Å². The van der Waals surface area contributed by atoms with Crippen molar-refractivity contribution in [2.75, 3.05) is 12.4 Å². The van der Waals surface area contributed by atoms with Crippen LogP contribution in [0, 0.1) is 0 Å². The molecule has 1 aromatic heterocycles. The Balaban J connectivity index is 2.19. The summed E-state index contributed by atoms with van der Waals surface area (Å²) < 4.78 is 4.63. The number of carbonyl (C=O) groups is 1. The summed E-state index contributed by atoms with van der Waals surface area (Å²) in [6.45, 7) is 5.68. The van der Waals surface area contributed by atoms with Crippen LogP contribution in [0.3, 0.4) is 0 Å². The third kappa shape index (κ3) is 3.49. The second-order valence-corrected chi connectivity index (χ2v) is 5.80. The van der Waals surface area contributed by atoms with Gasteiger partial charge in [-0.3, -0.25) is 9.78 Å². The van der Waals surface area contributed by atoms with Crippen LogP contribution in [-0.4, -0.2) is 28.3 Å². The maximum atomic E-state index is 12.0. The Morgan fingerprint density at radius 1 is 1.18 bits per heavy atom. The van der Waals surface area contributed by atoms with Gasteiger partial charge in [0.1, 0.15) is 5.69 Å². The van der Waals surface area contributed by atoms with Gasteiger partial charge in [-0.15, -0.1) is 10.2 Å². The summed E-state index contributed by atoms with van der Waals surface area (Å²) in [6.07, 6.45) is 0. The molecular weight excluding hydrogens is 284 g/mol. The molecule has 0 saturated carbocycles. The Hall–Kier alpha value is -2.70. The van der Waals surface area contributed by atoms with Crippen LogP contribution in [0.5, 0.6) is 0 Å². The topological polar surface area (TPSA) is 97.0 Å². The first-order valence-electron chi connectivity index (χ1n) is 6.74. The summed E-state index contributed by atoms with van der Waals surface area (Å²) >= 11 is 0. The SMILES string of the molecule is COC(=O)c1ccc(Nc2nnc(C(C)(C)C)c(=O)[nH]2)cc1. The standard InChI is InChI=1S/C15H18N4O3/c1-15(2,3)11-12(20)17-14(19-18-11)16-10-7-5-9(6-8-10)13(21)22-4/h5-8H,1-4H3,(H2,16,17,19,20). The second kappa shape index (κ2) is 5.97. The molecular formula is C15H18N4O3. The zero-order valence-corrected chi connectivity index (χ0v) is 12.9. The Kier molecular flexibility index (Phi) is 4.25. The third-order valence-electron chi connectivity index (χ3n) is 2.98. The number of nitrogens with one attached hydrogen (secondary N) is 2. The number of hydrogen-bond donors (Lipinski definition) is 2. The van der Waals surface area contributed by atoms with Gasteiger partial charge in [0.15, 0.2) is 0 Å². The molecule has 1 heterocycles. The van der Waals surface area contributed by atoms with Gasteiger partial charge < -0.3 is 10.1 Å². The minimum atomic E-state index is -0.408. The van der Waals surface area contributed by atoms with E-state index in [1.807, 2.05) is 20.8 Å². The smallest absolute Gasteiger partial charge is 0.337 e. The normalized spacial score (nSPS) is 11.1. The highest BCUT2D eigenvalue weighted by Crippen LogP contribution is 2.17. The molecule has 7 heteroatoms. The van der Waals surface area contributed by atoms with E-state index in [0.29, 0.717) is 16.9 Å². The number of aromatic amines is 1. The number of rotatable bonds is 3. The van der Waals surface area contributed by atoms with E-state index in [-0.39, 0.29) is 16.9 Å². The van der Waals surface area contributed by atoms with Crippen molar-refractivity contribution in [1.29, 1.82) is 0 Å². The van der Waals surface area contributed by atoms with E-state index < -0.39 is 5.97 Å². The van der Waals surface area contributed by atoms with Crippen molar-refractivity contribution in [2.24, 2.45) is 0 Å². The molecule has 2 aromatic rings. The minimum Gasteiger partial charge on any atom is -0.465 e. The van der Waals surface area contributed by atoms with E-state index in [1.54, 1.807) is 24.3 Å². The summed E-state index contributed by atoms with van der Waals surface area (Å²) in [5, 5.41) is 10.9. The fraction of sp³-hybridized carbons (Fsp3) is 0.333. The van der Waals surface area contributed by atoms with Crippen LogP contribution >= 0.6 is 0 Å². The predicted octanol–water partition coefficient (Wildman–Crippen LogP) is 1.99. The summed E-state index contributed by atoms with van der Waals surface area (Å²) in [4.78, 5) is 26.0. The lowest BCUT2D eigenvalue weighted by Crippen LogP contribution is -2.28. The molecule has 0 aliphatic carbocycles. The van der Waals surface area contributed by atoms with E-state index in [0.717, 1.165) is 0 Å². The Bertz CT molecular complexity index is 730. The van der Waals surface area contributed by atoms with Gasteiger partial charge in [0.25, 0.3) is 5.56 Å². The summed E-state index contributed by atoms with van der Waals surface area (Å²) in [5.74, 6) is -0.168. The van der Waals surface area contributed by atoms with E-state index in [1.165, 1.54) is 7.11 Å². The highest BCUT2D eigenvalue weighted by molar-refractivity contribution is 5.89. The number of hydrogen-bond acceptors (Lipinski definition) is 6. The van der Waals surface area contributed by atoms with Crippen LogP contribution in [0.4, 0.5) is 11.6 Å². The molecule has 116 valence electrons. The molecule has 2 rings (SSSR count). The molecule has 0 unspecified atom stereocenters. The summed E-state index contributed by atoms with van der Waals surface area (Å²) in [7, 11) is 1.32. The quantitative estimate of drug-likeness (QED) is 0.842. The van der Waals surface area contributed by atoms with Gasteiger partial charge in [-0.2, -0.15) is 0 Å². The lowest BCUT2D eigenvalue weighted by atomic mass is 9.93. The Labute approximate surface area is 127 Å². The average molecular weight is 302 g/mol. The number of carbonyl (C=O) groups excluding carboxylic acids is 1. The van der Waals surface area contributed by atoms with E-state index >= 15 is 0 Å². The van der Waals surface area contributed by atoms with Gasteiger partial charge >= 0.3 is 5.97 Å². The molecule has 0 atom stereocenters. The molecule has 0 aliphatic rings. The van der Waals surface area contributed by atoms with Crippen molar-refractivity contribution in [2.45, 2.75) is 26.2 Å². The van der Waals surface area contributed by atoms with E-state index in [2.05, 4.69) is 25.2 Å². The van der Waals surface area contributed by atoms with Gasteiger partial charge in [0.2, 0.25) is 5.95 Å². The molecule has 0 saturated heterocycles. The zero-order valence-electron chi connectivity index (χ0n) is 12.9. The van der Waals surface area contributed by atoms with Crippen LogP contribution in [0.15, 0.2) is 29.1 Å². The third-order valence-corrected chi connectivity index (χ3v) is 2.98. The number of esters is 1. The number of ether oxygens (including phenoxy) is 1. The highest BCUT2D eigenvalue weighted by Gasteiger charge is 2.20. The fourth-order valence-corrected chi connectivity index (χ4v) is 1.83. The lowest BCUT2D eigenvalue weighted by molar-refractivity contribution is 0.0601. The van der Waals surface area contributed by atoms with Gasteiger partial charge in [-0.25, -0.2) is 4.79 Å². The largest absolute Gasteiger partial charge is 0.465 e. The van der Waals surface area contributed by atoms with Crippen LogP contribution in [0.25, 0.3) is 0 Å². The lowest BCUT2D eigenvalue weighted by Gasteiger charge is -2.15. The number of methoxy groups -OCH3 is 1. The molecule has 0 bridgehead atoms. The molecule has 0 fully saturated rings. The first kappa shape index (κ1) is 15.7. The Morgan fingerprint density at radius 3 is 2.32 bits per heavy atom. The van der Waals surface area contributed by atoms with Crippen LogP contribution in [0.1, 0.15) is 36.8 Å². The van der Waals surface area contributed by atoms with Gasteiger partial charge in [0, 0.05) is 11.1 Å². The van der Waals surface area contributed by atoms with E-state index in [4.69, 9.17) is 0 Å². The fourth-order valence-electron chi connectivity index (χ4n) is 1.83. The van der Waals surface area contributed by atoms with Gasteiger partial charge in [0.05, 0.1) is 12.7 Å². The van der Waals surface area contributed by atoms with Crippen LogP contribution in [0.2, 0.25) is 0 Å². The molecule has 0 aliphatic heterocycles. The zero-order chi connectivity index (χ0) is 16.3. The van der Waals surface area contributed by atoms with Gasteiger partial charge in [-0.05, 0) is 24.3 Å². The molecule has 22 heavy (non-hydrogen) atoms. The first-order valence-corrected chi connectivity index (χ1v) is 6.74. The summed E-state index contributed by atoms with van der Waals surface area (Å²) in [5.41, 5.74) is 0.827. The van der Waals surface area contributed by atoms with Gasteiger partial charge in [-0.1, -0.05) is 20.8 Å². The monoisotopic (exact) mass is 302 g/mol. The number of nitrogens with zero attached hydrogens (tertiary/aromatic N) is 2. The number of H-pyrrole nitrogens is 1. The number of anilines is 2. The summed E-state index contributed by atoms with van der Waals surface area (Å²) in [6, 6.07) is 6.60. The molecule has 2 N–H and O–H groups in total. The maximum Gasteiger partial charge on any atom is 0.337 e. The molecule has 1 aromatic carbocycles. The average Bonchev–Trinajstić information content (AvgIpc) is 2.46. The maximum absolute atomic E-state index is 12.0. The molecule has 7 nitrogen and oxygen atoms in total. The van der Waals surface area contributed by atoms with Crippen molar-refractivity contribution in [1.82, 2.24) is 15.2 Å². The number of benzene rings is 1. The van der Waals surface area contributed by atoms with Crippen molar-refractivity contribution >= 4 is 17.6 Å². The van der Waals surface area contributed by atoms with Crippen molar-refractivity contribution in [3.63, 3.8) is 0 Å². The predicted molar refractivity (Wildman–Crippen MR) is 82.4 cm³/mol. The minimum absolute atomic E-state index is 0.240. The van der Waals surface area contributed by atoms with Crippen LogP contribution < -0.4 is 10.9 Å². The highest BCUT2D eigenvalue weighted by atomic mass is 16.5. The Morgan fingerprint density at radius 2 is 1.82 bits per heavy atom. The molecule has 0 amide bonds. The van der Waals surface area contributed by atoms with Crippen molar-refractivity contribution in [3.8, 4) is 0 Å². The second-order valence-electron chi connectivity index (χ2n) is 5.80. The van der Waals surface area contributed by atoms with Crippen molar-refractivity contribution < 1.29 is 9.53 Å². The van der Waals surface area contributed by atoms with Crippen molar-refractivity contribution in [3.05, 3.63) is 45.9 Å².